The zero-order chi connectivity index (χ0) is 61.4. The molecule has 0 atom stereocenters. The molecule has 0 fully saturated rings. The molecule has 0 aromatic heterocycles. The molecule has 0 aliphatic heterocycles. The summed E-state index contributed by atoms with van der Waals surface area (Å²) < 4.78 is 117. The number of benzene rings is 8. The van der Waals surface area contributed by atoms with Gasteiger partial charge in [0.2, 0.25) is 10.0 Å². The van der Waals surface area contributed by atoms with Gasteiger partial charge in [-0.05, 0) is 158 Å². The Morgan fingerprint density at radius 1 is 0.376 bits per heavy atom. The number of rotatable bonds is 27. The van der Waals surface area contributed by atoms with Gasteiger partial charge >= 0.3 is 17.9 Å². The number of carbonyl (C=O) groups is 3. The van der Waals surface area contributed by atoms with Gasteiger partial charge in [0.15, 0.2) is 0 Å². The van der Waals surface area contributed by atoms with Crippen LogP contribution in [-0.2, 0) is 30.1 Å². The van der Waals surface area contributed by atoms with E-state index in [0.29, 0.717) is 45.1 Å². The molecule has 0 aliphatic rings. The lowest BCUT2D eigenvalue weighted by molar-refractivity contribution is 0.0680. The van der Waals surface area contributed by atoms with E-state index in [9.17, 15) is 39.6 Å². The van der Waals surface area contributed by atoms with E-state index in [0.717, 1.165) is 6.26 Å². The van der Waals surface area contributed by atoms with Gasteiger partial charge in [0, 0.05) is 22.1 Å². The van der Waals surface area contributed by atoms with E-state index >= 15 is 0 Å². The van der Waals surface area contributed by atoms with E-state index in [-0.39, 0.29) is 83.4 Å². The van der Waals surface area contributed by atoms with Crippen LogP contribution >= 0.6 is 11.6 Å². The highest BCUT2D eigenvalue weighted by Crippen LogP contribution is 2.25. The summed E-state index contributed by atoms with van der Waals surface area (Å²) in [5.74, 6) is -0.237. The highest BCUT2D eigenvalue weighted by molar-refractivity contribution is 7.93. The first-order valence-electron chi connectivity index (χ1n) is 25.1. The van der Waals surface area contributed by atoms with Gasteiger partial charge in [-0.3, -0.25) is 14.2 Å². The predicted molar refractivity (Wildman–Crippen MR) is 317 cm³/mol. The average Bonchev–Trinajstić information content (AvgIpc) is 3.58. The summed E-state index contributed by atoms with van der Waals surface area (Å²) in [6.07, 6.45) is 1.07. The van der Waals surface area contributed by atoms with E-state index in [1.165, 1.54) is 61.7 Å². The molecule has 8 rings (SSSR count). The van der Waals surface area contributed by atoms with Crippen LogP contribution in [0.3, 0.4) is 0 Å². The highest BCUT2D eigenvalue weighted by Gasteiger charge is 2.17. The lowest BCUT2D eigenvalue weighted by Gasteiger charge is -2.11. The SMILES string of the molecule is COc1ccc(S(=O)(=O)Nc2ccc(OCCOc3ccccc3C(=O)O)cc2)cc1.CS(=O)(=O)Nc1ccc(OCCOc2ccccc2C(=O)O)cc1.O=C(O)c1ccccc1OCCOc1ccc(NS(=O)(=O)c2ccc(Cl)cc2)cc1. The van der Waals surface area contributed by atoms with Crippen molar-refractivity contribution in [2.75, 3.05) is 67.2 Å². The molecular formula is C59H56ClN3O19S3. The number of nitrogens with one attached hydrogen (secondary N) is 3. The number of aromatic carboxylic acids is 3. The number of methoxy groups -OCH3 is 1. The van der Waals surface area contributed by atoms with Gasteiger partial charge in [0.1, 0.15) is 96.6 Å². The molecule has 22 nitrogen and oxygen atoms in total. The molecule has 0 saturated heterocycles. The minimum Gasteiger partial charge on any atom is -0.497 e. The molecule has 0 saturated carbocycles. The third-order valence-electron chi connectivity index (χ3n) is 11.0. The summed E-state index contributed by atoms with van der Waals surface area (Å²) in [4.78, 5) is 33.6. The van der Waals surface area contributed by atoms with Crippen LogP contribution in [0.5, 0.6) is 40.2 Å². The van der Waals surface area contributed by atoms with Crippen LogP contribution < -0.4 is 47.3 Å². The third kappa shape index (κ3) is 21.2. The van der Waals surface area contributed by atoms with Crippen LogP contribution in [-0.4, -0.2) is 111 Å². The number of sulfonamides is 3. The molecular weight excluding hydrogens is 1190 g/mol. The van der Waals surface area contributed by atoms with Gasteiger partial charge in [-0.25, -0.2) is 39.6 Å². The number of hydrogen-bond donors (Lipinski definition) is 6. The van der Waals surface area contributed by atoms with E-state index in [2.05, 4.69) is 14.2 Å². The Morgan fingerprint density at radius 3 is 0.941 bits per heavy atom. The molecule has 0 unspecified atom stereocenters. The molecule has 0 amide bonds. The smallest absolute Gasteiger partial charge is 0.339 e. The molecule has 8 aromatic rings. The Balaban J connectivity index is 0.000000206. The van der Waals surface area contributed by atoms with Crippen molar-refractivity contribution in [2.24, 2.45) is 0 Å². The standard InChI is InChI=1S/C22H21NO7S.C21H18ClNO6S.C16H17NO6S/c1-28-17-10-12-19(13-11-17)31(26,27)23-16-6-8-18(9-7-16)29-14-15-30-21-5-3-2-4-20(21)22(24)25;22-15-5-11-18(12-6-15)30(26,27)23-16-7-9-17(10-8-16)28-13-14-29-20-4-2-1-3-19(20)21(24)25;1-24(20,21)17-12-6-8-13(9-7-12)22-10-11-23-15-5-3-2-4-14(15)16(18)19/h2-13,23H,14-15H2,1H3,(H,24,25);1-12,23H,13-14H2,(H,24,25);2-9,17H,10-11H2,1H3,(H,18,19). The zero-order valence-electron chi connectivity index (χ0n) is 45.2. The molecule has 0 aliphatic carbocycles. The Morgan fingerprint density at radius 2 is 0.647 bits per heavy atom. The summed E-state index contributed by atoms with van der Waals surface area (Å²) in [5.41, 5.74) is 1.45. The molecule has 26 heteroatoms. The van der Waals surface area contributed by atoms with Crippen molar-refractivity contribution in [1.29, 1.82) is 0 Å². The van der Waals surface area contributed by atoms with Crippen LogP contribution in [0.2, 0.25) is 5.02 Å². The number of halogens is 1. The van der Waals surface area contributed by atoms with Crippen molar-refractivity contribution >= 4 is 76.6 Å². The molecule has 0 heterocycles. The van der Waals surface area contributed by atoms with E-state index in [1.807, 2.05) is 0 Å². The Hall–Kier alpha value is -9.69. The quantitative estimate of drug-likeness (QED) is 0.0261. The van der Waals surface area contributed by atoms with Gasteiger partial charge in [-0.2, -0.15) is 0 Å². The maximum Gasteiger partial charge on any atom is 0.339 e. The molecule has 446 valence electrons. The second-order valence-electron chi connectivity index (χ2n) is 17.3. The first-order valence-corrected chi connectivity index (χ1v) is 30.3. The molecule has 0 radical (unpaired) electrons. The van der Waals surface area contributed by atoms with Gasteiger partial charge < -0.3 is 48.5 Å². The van der Waals surface area contributed by atoms with Crippen molar-refractivity contribution in [3.05, 3.63) is 216 Å². The number of hydrogen-bond acceptors (Lipinski definition) is 16. The summed E-state index contributed by atoms with van der Waals surface area (Å²) in [5, 5.41) is 27.8. The number of carboxylic acid groups (broad SMARTS) is 3. The molecule has 0 bridgehead atoms. The molecule has 6 N–H and O–H groups in total. The second kappa shape index (κ2) is 31.1. The lowest BCUT2D eigenvalue weighted by Crippen LogP contribution is -2.13. The topological polar surface area (TPSA) is 315 Å². The summed E-state index contributed by atoms with van der Waals surface area (Å²) in [7, 11) is -9.26. The fourth-order valence-electron chi connectivity index (χ4n) is 7.11. The predicted octanol–water partition coefficient (Wildman–Crippen LogP) is 10.2. The van der Waals surface area contributed by atoms with E-state index < -0.39 is 48.0 Å². The molecule has 8 aromatic carbocycles. The van der Waals surface area contributed by atoms with Crippen LogP contribution in [0, 0.1) is 0 Å². The van der Waals surface area contributed by atoms with Crippen LogP contribution in [0.25, 0.3) is 0 Å². The Bertz CT molecular complexity index is 3840. The monoisotopic (exact) mass is 1240 g/mol. The Kier molecular flexibility index (Phi) is 23.6. The average molecular weight is 1240 g/mol. The normalized spacial score (nSPS) is 10.9. The first-order chi connectivity index (χ1) is 40.6. The second-order valence-corrected chi connectivity index (χ2v) is 22.8. The van der Waals surface area contributed by atoms with Crippen LogP contribution in [0.15, 0.2) is 204 Å². The molecule has 0 spiro atoms. The third-order valence-corrected chi connectivity index (χ3v) is 14.7. The largest absolute Gasteiger partial charge is 0.497 e. The highest BCUT2D eigenvalue weighted by atomic mass is 35.5. The van der Waals surface area contributed by atoms with Crippen molar-refractivity contribution in [3.63, 3.8) is 0 Å². The minimum absolute atomic E-state index is 0.0785. The zero-order valence-corrected chi connectivity index (χ0v) is 48.4. The number of carboxylic acids is 3. The van der Waals surface area contributed by atoms with Crippen molar-refractivity contribution in [2.45, 2.75) is 9.79 Å². The van der Waals surface area contributed by atoms with Crippen LogP contribution in [0.4, 0.5) is 17.1 Å². The minimum atomic E-state index is -3.73. The van der Waals surface area contributed by atoms with Crippen LogP contribution in [0.1, 0.15) is 31.1 Å². The lowest BCUT2D eigenvalue weighted by atomic mass is 10.2. The fourth-order valence-corrected chi connectivity index (χ4v) is 9.92. The first kappa shape index (κ1) is 64.5. The summed E-state index contributed by atoms with van der Waals surface area (Å²) in [6.45, 7) is 1.06. The number of para-hydroxylation sites is 3. The molecule has 85 heavy (non-hydrogen) atoms. The van der Waals surface area contributed by atoms with E-state index in [4.69, 9.17) is 60.1 Å². The van der Waals surface area contributed by atoms with E-state index in [1.54, 1.807) is 140 Å². The number of anilines is 3. The van der Waals surface area contributed by atoms with Gasteiger partial charge in [-0.15, -0.1) is 0 Å². The van der Waals surface area contributed by atoms with Gasteiger partial charge in [-0.1, -0.05) is 48.0 Å². The number of ether oxygens (including phenoxy) is 7. The Labute approximate surface area is 495 Å². The fraction of sp³-hybridized carbons (Fsp3) is 0.136. The van der Waals surface area contributed by atoms with Crippen molar-refractivity contribution in [3.8, 4) is 40.2 Å². The maximum absolute atomic E-state index is 12.5. The van der Waals surface area contributed by atoms with Crippen molar-refractivity contribution in [1.82, 2.24) is 0 Å². The summed E-state index contributed by atoms with van der Waals surface area (Å²) in [6, 6.07) is 50.2. The van der Waals surface area contributed by atoms with Gasteiger partial charge in [0.25, 0.3) is 20.0 Å². The van der Waals surface area contributed by atoms with Crippen molar-refractivity contribution < 1.29 is 88.1 Å². The summed E-state index contributed by atoms with van der Waals surface area (Å²) >= 11 is 5.78. The maximum atomic E-state index is 12.5. The van der Waals surface area contributed by atoms with Gasteiger partial charge in [0.05, 0.1) is 23.2 Å².